The van der Waals surface area contributed by atoms with Crippen LogP contribution in [0.15, 0.2) is 0 Å². The van der Waals surface area contributed by atoms with Gasteiger partial charge >= 0.3 is 9.15 Å². The largest absolute Gasteiger partial charge is 0.330 e. The Morgan fingerprint density at radius 3 is 1.89 bits per heavy atom. The van der Waals surface area contributed by atoms with Crippen LogP contribution in [-0.4, -0.2) is 33.9 Å². The first-order chi connectivity index (χ1) is 9.12. The maximum Gasteiger partial charge on any atom is 0.322 e. The van der Waals surface area contributed by atoms with E-state index < -0.39 is 9.15 Å². The summed E-state index contributed by atoms with van der Waals surface area (Å²) in [7, 11) is -2.50. The third-order valence-corrected chi connectivity index (χ3v) is 5.51. The molecule has 0 saturated carbocycles. The van der Waals surface area contributed by atoms with Gasteiger partial charge in [-0.1, -0.05) is 25.7 Å². The maximum atomic E-state index is 11.5. The predicted octanol–water partition coefficient (Wildman–Crippen LogP) is 2.02. The van der Waals surface area contributed by atoms with Gasteiger partial charge in [0.15, 0.2) is 0 Å². The first-order valence-electron chi connectivity index (χ1n) is 7.06. The highest BCUT2D eigenvalue weighted by Crippen LogP contribution is 2.17. The lowest BCUT2D eigenvalue weighted by Gasteiger charge is -2.05. The average Bonchev–Trinajstić information content (AvgIpc) is 2.38. The van der Waals surface area contributed by atoms with Gasteiger partial charge in [0.05, 0.1) is 6.61 Å². The highest BCUT2D eigenvalue weighted by Gasteiger charge is 2.11. The SMILES string of the molecule is NCCCCCCOS(=O)(=O)SCCCCCCN. The van der Waals surface area contributed by atoms with Crippen LogP contribution in [0, 0.1) is 0 Å². The summed E-state index contributed by atoms with van der Waals surface area (Å²) in [5.41, 5.74) is 10.8. The van der Waals surface area contributed by atoms with Crippen molar-refractivity contribution in [1.82, 2.24) is 0 Å². The molecule has 19 heavy (non-hydrogen) atoms. The summed E-state index contributed by atoms with van der Waals surface area (Å²) >= 11 is 0. The molecule has 0 rings (SSSR count). The summed E-state index contributed by atoms with van der Waals surface area (Å²) in [6.07, 6.45) is 7.77. The van der Waals surface area contributed by atoms with E-state index in [0.29, 0.717) is 18.8 Å². The molecule has 0 bridgehead atoms. The summed E-state index contributed by atoms with van der Waals surface area (Å²) in [5, 5.41) is 0. The molecule has 0 saturated heterocycles. The Morgan fingerprint density at radius 1 is 0.789 bits per heavy atom. The van der Waals surface area contributed by atoms with E-state index in [2.05, 4.69) is 0 Å². The highest BCUT2D eigenvalue weighted by atomic mass is 33.1. The molecule has 0 amide bonds. The predicted molar refractivity (Wildman–Crippen MR) is 82.4 cm³/mol. The second-order valence-corrected chi connectivity index (χ2v) is 8.09. The van der Waals surface area contributed by atoms with E-state index in [-0.39, 0.29) is 6.61 Å². The van der Waals surface area contributed by atoms with E-state index in [4.69, 9.17) is 15.7 Å². The summed E-state index contributed by atoms with van der Waals surface area (Å²) in [5.74, 6) is 0.597. The minimum atomic E-state index is -3.40. The molecule has 0 radical (unpaired) electrons. The first-order valence-corrected chi connectivity index (χ1v) is 9.97. The summed E-state index contributed by atoms with van der Waals surface area (Å²) in [6.45, 7) is 1.69. The fraction of sp³-hybridized carbons (Fsp3) is 1.00. The van der Waals surface area contributed by atoms with Crippen LogP contribution < -0.4 is 11.5 Å². The van der Waals surface area contributed by atoms with Gasteiger partial charge < -0.3 is 11.5 Å². The Morgan fingerprint density at radius 2 is 1.32 bits per heavy atom. The third kappa shape index (κ3) is 14.4. The van der Waals surface area contributed by atoms with Crippen molar-refractivity contribution in [1.29, 1.82) is 0 Å². The number of nitrogens with two attached hydrogens (primary N) is 2. The van der Waals surface area contributed by atoms with Crippen molar-refractivity contribution in [2.45, 2.75) is 51.4 Å². The van der Waals surface area contributed by atoms with Crippen molar-refractivity contribution in [3.8, 4) is 0 Å². The molecule has 0 spiro atoms. The molecular weight excluding hydrogens is 284 g/mol. The molecule has 0 heterocycles. The molecule has 0 aromatic rings. The molecule has 7 heteroatoms. The Kier molecular flexibility index (Phi) is 13.3. The van der Waals surface area contributed by atoms with Crippen LogP contribution in [0.5, 0.6) is 0 Å². The fourth-order valence-electron chi connectivity index (χ4n) is 1.56. The van der Waals surface area contributed by atoms with Gasteiger partial charge in [-0.25, -0.2) is 0 Å². The monoisotopic (exact) mass is 312 g/mol. The molecule has 116 valence electrons. The molecule has 0 aliphatic carbocycles. The fourth-order valence-corrected chi connectivity index (χ4v) is 3.85. The van der Waals surface area contributed by atoms with Crippen LogP contribution in [0.3, 0.4) is 0 Å². The molecular formula is C12H28N2O3S2. The van der Waals surface area contributed by atoms with E-state index in [1.807, 2.05) is 0 Å². The Hall–Kier alpha value is 0.180. The molecule has 5 nitrogen and oxygen atoms in total. The standard InChI is InChI=1S/C12H28N2O3S2/c13-9-5-1-3-7-11-17-19(15,16)18-12-8-4-2-6-10-14/h1-14H2. The van der Waals surface area contributed by atoms with Crippen molar-refractivity contribution >= 4 is 19.9 Å². The molecule has 0 unspecified atom stereocenters. The number of rotatable bonds is 14. The van der Waals surface area contributed by atoms with Gasteiger partial charge in [-0.05, 0) is 49.6 Å². The van der Waals surface area contributed by atoms with Crippen LogP contribution >= 0.6 is 10.8 Å². The van der Waals surface area contributed by atoms with E-state index in [1.54, 1.807) is 0 Å². The van der Waals surface area contributed by atoms with E-state index in [1.165, 1.54) is 0 Å². The third-order valence-electron chi connectivity index (χ3n) is 2.65. The molecule has 0 aliphatic heterocycles. The van der Waals surface area contributed by atoms with Crippen LogP contribution in [0.25, 0.3) is 0 Å². The van der Waals surface area contributed by atoms with Gasteiger partial charge in [0.1, 0.15) is 0 Å². The van der Waals surface area contributed by atoms with E-state index >= 15 is 0 Å². The lowest BCUT2D eigenvalue weighted by molar-refractivity contribution is 0.316. The Labute approximate surface area is 121 Å². The van der Waals surface area contributed by atoms with Crippen molar-refractivity contribution < 1.29 is 12.6 Å². The topological polar surface area (TPSA) is 95.4 Å². The normalized spacial score (nSPS) is 11.9. The zero-order valence-electron chi connectivity index (χ0n) is 11.7. The van der Waals surface area contributed by atoms with Gasteiger partial charge in [0.2, 0.25) is 0 Å². The Balaban J connectivity index is 3.42. The lowest BCUT2D eigenvalue weighted by Crippen LogP contribution is -2.04. The van der Waals surface area contributed by atoms with Crippen LogP contribution in [0.4, 0.5) is 0 Å². The summed E-state index contributed by atoms with van der Waals surface area (Å²) < 4.78 is 27.9. The zero-order chi connectivity index (χ0) is 14.4. The van der Waals surface area contributed by atoms with Gasteiger partial charge in [0.25, 0.3) is 0 Å². The van der Waals surface area contributed by atoms with Gasteiger partial charge in [-0.2, -0.15) is 8.42 Å². The van der Waals surface area contributed by atoms with Crippen LogP contribution in [-0.2, 0) is 13.3 Å². The molecule has 0 atom stereocenters. The van der Waals surface area contributed by atoms with Crippen molar-refractivity contribution in [3.63, 3.8) is 0 Å². The van der Waals surface area contributed by atoms with Crippen LogP contribution in [0.2, 0.25) is 0 Å². The number of hydrogen-bond donors (Lipinski definition) is 2. The second-order valence-electron chi connectivity index (χ2n) is 4.46. The molecule has 0 fully saturated rings. The summed E-state index contributed by atoms with van der Waals surface area (Å²) in [6, 6.07) is 0. The van der Waals surface area contributed by atoms with Gasteiger partial charge in [0, 0.05) is 5.75 Å². The van der Waals surface area contributed by atoms with Gasteiger partial charge in [-0.3, -0.25) is 4.18 Å². The number of unbranched alkanes of at least 4 members (excludes halogenated alkanes) is 6. The van der Waals surface area contributed by atoms with E-state index in [0.717, 1.165) is 62.2 Å². The smallest absolute Gasteiger partial charge is 0.322 e. The first kappa shape index (κ1) is 19.2. The van der Waals surface area contributed by atoms with E-state index in [9.17, 15) is 8.42 Å². The molecule has 0 aromatic heterocycles. The maximum absolute atomic E-state index is 11.5. The minimum absolute atomic E-state index is 0.285. The van der Waals surface area contributed by atoms with Gasteiger partial charge in [-0.15, -0.1) is 0 Å². The van der Waals surface area contributed by atoms with Crippen molar-refractivity contribution in [2.75, 3.05) is 25.4 Å². The van der Waals surface area contributed by atoms with Crippen molar-refractivity contribution in [2.24, 2.45) is 11.5 Å². The zero-order valence-corrected chi connectivity index (χ0v) is 13.3. The molecule has 4 N–H and O–H groups in total. The van der Waals surface area contributed by atoms with Crippen molar-refractivity contribution in [3.05, 3.63) is 0 Å². The Bertz CT molecular complexity index is 263. The minimum Gasteiger partial charge on any atom is -0.330 e. The quantitative estimate of drug-likeness (QED) is 0.376. The molecule has 0 aromatic carbocycles. The highest BCUT2D eigenvalue weighted by molar-refractivity contribution is 8.70. The number of hydrogen-bond acceptors (Lipinski definition) is 6. The van der Waals surface area contributed by atoms with Crippen LogP contribution in [0.1, 0.15) is 51.4 Å². The molecule has 0 aliphatic rings. The second kappa shape index (κ2) is 13.2. The average molecular weight is 313 g/mol. The lowest BCUT2D eigenvalue weighted by atomic mass is 10.2. The summed E-state index contributed by atoms with van der Waals surface area (Å²) in [4.78, 5) is 0.